The molecule has 2 atom stereocenters. The lowest BCUT2D eigenvalue weighted by Crippen LogP contribution is -2.39. The average molecular weight is 334 g/mol. The van der Waals surface area contributed by atoms with E-state index in [0.717, 1.165) is 19.0 Å². The molecule has 1 aromatic carbocycles. The number of nitrogens with zero attached hydrogens (tertiary/aromatic N) is 3. The van der Waals surface area contributed by atoms with E-state index in [9.17, 15) is 13.6 Å². The Kier molecular flexibility index (Phi) is 4.78. The van der Waals surface area contributed by atoms with Crippen LogP contribution in [-0.2, 0) is 6.54 Å². The largest absolute Gasteiger partial charge is 0.337 e. The van der Waals surface area contributed by atoms with Crippen molar-refractivity contribution in [1.82, 2.24) is 19.8 Å². The average Bonchev–Trinajstić information content (AvgIpc) is 3.11. The zero-order valence-corrected chi connectivity index (χ0v) is 13.5. The lowest BCUT2D eigenvalue weighted by atomic mass is 10.1. The molecule has 1 aliphatic rings. The van der Waals surface area contributed by atoms with Gasteiger partial charge in [-0.15, -0.1) is 0 Å². The molecule has 0 spiro atoms. The first-order valence-corrected chi connectivity index (χ1v) is 7.97. The molecule has 0 radical (unpaired) electrons. The van der Waals surface area contributed by atoms with Crippen molar-refractivity contribution in [3.05, 3.63) is 54.1 Å². The zero-order valence-electron chi connectivity index (χ0n) is 13.5. The normalized spacial score (nSPS) is 19.1. The van der Waals surface area contributed by atoms with Gasteiger partial charge in [0.2, 0.25) is 0 Å². The van der Waals surface area contributed by atoms with Crippen molar-refractivity contribution < 1.29 is 13.6 Å². The van der Waals surface area contributed by atoms with Crippen LogP contribution in [0, 0.1) is 11.6 Å². The molecule has 0 saturated heterocycles. The third-order valence-electron chi connectivity index (χ3n) is 4.30. The third kappa shape index (κ3) is 3.72. The van der Waals surface area contributed by atoms with E-state index in [1.54, 1.807) is 30.5 Å². The molecule has 24 heavy (non-hydrogen) atoms. The van der Waals surface area contributed by atoms with Crippen LogP contribution in [0.1, 0.15) is 24.3 Å². The minimum Gasteiger partial charge on any atom is -0.337 e. The molecular formula is C17H20F2N4O. The lowest BCUT2D eigenvalue weighted by Gasteiger charge is -2.18. The van der Waals surface area contributed by atoms with Gasteiger partial charge in [0.15, 0.2) is 11.6 Å². The fraction of sp³-hybridized carbons (Fsp3) is 0.412. The van der Waals surface area contributed by atoms with E-state index < -0.39 is 11.6 Å². The number of aromatic nitrogens is 2. The topological polar surface area (TPSA) is 50.2 Å². The third-order valence-corrected chi connectivity index (χ3v) is 4.30. The highest BCUT2D eigenvalue weighted by Crippen LogP contribution is 2.42. The van der Waals surface area contributed by atoms with E-state index in [0.29, 0.717) is 18.5 Å². The van der Waals surface area contributed by atoms with Crippen LogP contribution in [0.5, 0.6) is 0 Å². The first-order chi connectivity index (χ1) is 11.6. The minimum atomic E-state index is -0.846. The summed E-state index contributed by atoms with van der Waals surface area (Å²) in [6.07, 6.45) is 6.78. The second-order valence-electron chi connectivity index (χ2n) is 6.12. The Hall–Kier alpha value is -2.44. The molecule has 0 unspecified atom stereocenters. The Balaban J connectivity index is 1.45. The molecule has 1 N–H and O–H groups in total. The molecule has 0 aliphatic heterocycles. The summed E-state index contributed by atoms with van der Waals surface area (Å²) in [6.45, 7) is 1.40. The SMILES string of the molecule is CN(CCCn1ccnc1)C(=O)N[C@H]1C[C@@H]1c1cccc(F)c1F. The van der Waals surface area contributed by atoms with Crippen LogP contribution in [0.2, 0.25) is 0 Å². The van der Waals surface area contributed by atoms with Crippen molar-refractivity contribution in [1.29, 1.82) is 0 Å². The van der Waals surface area contributed by atoms with Crippen LogP contribution < -0.4 is 5.32 Å². The van der Waals surface area contributed by atoms with Crippen molar-refractivity contribution in [2.24, 2.45) is 0 Å². The molecule has 7 heteroatoms. The monoisotopic (exact) mass is 334 g/mol. The van der Waals surface area contributed by atoms with E-state index in [4.69, 9.17) is 0 Å². The molecule has 3 rings (SSSR count). The van der Waals surface area contributed by atoms with Gasteiger partial charge in [0.1, 0.15) is 0 Å². The molecule has 2 amide bonds. The Morgan fingerprint density at radius 1 is 1.46 bits per heavy atom. The number of halogens is 2. The molecule has 2 aromatic rings. The molecule has 5 nitrogen and oxygen atoms in total. The predicted molar refractivity (Wildman–Crippen MR) is 85.5 cm³/mol. The number of nitrogens with one attached hydrogen (secondary N) is 1. The van der Waals surface area contributed by atoms with Crippen LogP contribution in [-0.4, -0.2) is 40.1 Å². The zero-order chi connectivity index (χ0) is 17.1. The van der Waals surface area contributed by atoms with E-state index in [1.807, 2.05) is 10.8 Å². The molecule has 1 fully saturated rings. The van der Waals surface area contributed by atoms with Crippen molar-refractivity contribution in [3.8, 4) is 0 Å². The number of hydrogen-bond donors (Lipinski definition) is 1. The number of hydrogen-bond acceptors (Lipinski definition) is 2. The van der Waals surface area contributed by atoms with Crippen molar-refractivity contribution in [3.63, 3.8) is 0 Å². The molecule has 0 bridgehead atoms. The van der Waals surface area contributed by atoms with Crippen LogP contribution >= 0.6 is 0 Å². The van der Waals surface area contributed by atoms with E-state index in [1.165, 1.54) is 6.07 Å². The molecular weight excluding hydrogens is 314 g/mol. The van der Waals surface area contributed by atoms with Gasteiger partial charge in [0.05, 0.1) is 6.33 Å². The fourth-order valence-electron chi connectivity index (χ4n) is 2.78. The Morgan fingerprint density at radius 2 is 2.29 bits per heavy atom. The highest BCUT2D eigenvalue weighted by Gasteiger charge is 2.41. The van der Waals surface area contributed by atoms with Gasteiger partial charge in [-0.3, -0.25) is 0 Å². The standard InChI is InChI=1S/C17H20F2N4O/c1-22(7-3-8-23-9-6-20-11-23)17(24)21-15-10-13(15)12-4-2-5-14(18)16(12)19/h2,4-6,9,11,13,15H,3,7-8,10H2,1H3,(H,21,24)/t13-,15+/m1/s1. The number of aryl methyl sites for hydroxylation is 1. The summed E-state index contributed by atoms with van der Waals surface area (Å²) in [4.78, 5) is 17.7. The number of benzene rings is 1. The summed E-state index contributed by atoms with van der Waals surface area (Å²) in [5, 5.41) is 2.87. The summed E-state index contributed by atoms with van der Waals surface area (Å²) in [7, 11) is 1.73. The van der Waals surface area contributed by atoms with Gasteiger partial charge in [-0.25, -0.2) is 18.6 Å². The Morgan fingerprint density at radius 3 is 3.04 bits per heavy atom. The fourth-order valence-corrected chi connectivity index (χ4v) is 2.78. The minimum absolute atomic E-state index is 0.134. The van der Waals surface area contributed by atoms with Crippen LogP contribution in [0.15, 0.2) is 36.9 Å². The van der Waals surface area contributed by atoms with Crippen LogP contribution in [0.25, 0.3) is 0 Å². The van der Waals surface area contributed by atoms with Crippen molar-refractivity contribution in [2.45, 2.75) is 31.3 Å². The van der Waals surface area contributed by atoms with E-state index >= 15 is 0 Å². The second-order valence-corrected chi connectivity index (χ2v) is 6.12. The number of rotatable bonds is 6. The number of amides is 2. The van der Waals surface area contributed by atoms with Crippen LogP contribution in [0.4, 0.5) is 13.6 Å². The van der Waals surface area contributed by atoms with Gasteiger partial charge in [0, 0.05) is 44.5 Å². The highest BCUT2D eigenvalue weighted by molar-refractivity contribution is 5.74. The maximum atomic E-state index is 13.8. The smallest absolute Gasteiger partial charge is 0.317 e. The predicted octanol–water partition coefficient (Wildman–Crippen LogP) is 2.75. The summed E-state index contributed by atoms with van der Waals surface area (Å²) < 4.78 is 29.0. The summed E-state index contributed by atoms with van der Waals surface area (Å²) in [5.74, 6) is -1.81. The van der Waals surface area contributed by atoms with Crippen molar-refractivity contribution in [2.75, 3.05) is 13.6 Å². The van der Waals surface area contributed by atoms with Gasteiger partial charge >= 0.3 is 6.03 Å². The number of carbonyl (C=O) groups excluding carboxylic acids is 1. The highest BCUT2D eigenvalue weighted by atomic mass is 19.2. The molecule has 1 aromatic heterocycles. The summed E-state index contributed by atoms with van der Waals surface area (Å²) in [6, 6.07) is 3.84. The quantitative estimate of drug-likeness (QED) is 0.883. The summed E-state index contributed by atoms with van der Waals surface area (Å²) >= 11 is 0. The van der Waals surface area contributed by atoms with Gasteiger partial charge in [-0.05, 0) is 24.5 Å². The van der Waals surface area contributed by atoms with Gasteiger partial charge < -0.3 is 14.8 Å². The first kappa shape index (κ1) is 16.4. The Bertz CT molecular complexity index is 705. The van der Waals surface area contributed by atoms with Crippen molar-refractivity contribution >= 4 is 6.03 Å². The second kappa shape index (κ2) is 6.98. The molecule has 1 saturated carbocycles. The maximum absolute atomic E-state index is 13.8. The van der Waals surface area contributed by atoms with E-state index in [2.05, 4.69) is 10.3 Å². The lowest BCUT2D eigenvalue weighted by molar-refractivity contribution is 0.207. The van der Waals surface area contributed by atoms with Crippen LogP contribution in [0.3, 0.4) is 0 Å². The van der Waals surface area contributed by atoms with E-state index in [-0.39, 0.29) is 18.0 Å². The molecule has 1 heterocycles. The molecule has 1 aliphatic carbocycles. The van der Waals surface area contributed by atoms with Gasteiger partial charge in [0.25, 0.3) is 0 Å². The number of carbonyl (C=O) groups is 1. The Labute approximate surface area is 139 Å². The summed E-state index contributed by atoms with van der Waals surface area (Å²) in [5.41, 5.74) is 0.336. The van der Waals surface area contributed by atoms with Gasteiger partial charge in [-0.1, -0.05) is 12.1 Å². The first-order valence-electron chi connectivity index (χ1n) is 7.97. The molecule has 128 valence electrons. The van der Waals surface area contributed by atoms with Gasteiger partial charge in [-0.2, -0.15) is 0 Å². The number of imidazole rings is 1. The number of urea groups is 1. The maximum Gasteiger partial charge on any atom is 0.317 e.